The van der Waals surface area contributed by atoms with Crippen LogP contribution in [0.4, 0.5) is 14.5 Å². The van der Waals surface area contributed by atoms with Crippen molar-refractivity contribution in [1.82, 2.24) is 13.4 Å². The lowest BCUT2D eigenvalue weighted by Gasteiger charge is -2.28. The number of carbonyl (C=O) groups excluding carboxylic acids is 1. The average Bonchev–Trinajstić information content (AvgIpc) is 3.20. The second-order valence-electron chi connectivity index (χ2n) is 10.6. The number of fused-ring (bicyclic) bond motifs is 3. The molecular formula is C30H31ClF2N4O4S2. The van der Waals surface area contributed by atoms with Crippen molar-refractivity contribution in [2.24, 2.45) is 7.05 Å². The molecule has 1 aromatic carbocycles. The number of aryl methyl sites for hydroxylation is 1. The van der Waals surface area contributed by atoms with Crippen LogP contribution >= 0.6 is 23.5 Å². The van der Waals surface area contributed by atoms with E-state index in [2.05, 4.69) is 6.58 Å². The number of benzene rings is 1. The number of hydrogen-bond acceptors (Lipinski definition) is 6. The number of halogens is 3. The largest absolute Gasteiger partial charge is 0.338 e. The van der Waals surface area contributed by atoms with Gasteiger partial charge in [-0.2, -0.15) is 0 Å². The molecule has 2 aromatic heterocycles. The van der Waals surface area contributed by atoms with Crippen molar-refractivity contribution >= 4 is 55.9 Å². The lowest BCUT2D eigenvalue weighted by atomic mass is 9.93. The standard InChI is InChI=1S/C30H31ClF2N4O4S2/c1-6-19(32)11-24(33)17(2)36-14-18-15-37(42-4)28-27(18)23(16-34(3)30(28)39)20-12-21-22(13-25(20)36)29(38)35(10-8-31)9-7-26(21)43(5,40)41/h6,11-13,15-16,26H,1,7-10,14H2,2-5H3/b19-11+,24-17-. The van der Waals surface area contributed by atoms with E-state index in [4.69, 9.17) is 11.6 Å². The van der Waals surface area contributed by atoms with Gasteiger partial charge in [0.25, 0.3) is 11.5 Å². The fourth-order valence-corrected chi connectivity index (χ4v) is 7.89. The molecule has 0 N–H and O–H groups in total. The van der Waals surface area contributed by atoms with Gasteiger partial charge in [-0.1, -0.05) is 6.58 Å². The number of anilines is 1. The Morgan fingerprint density at radius 2 is 1.91 bits per heavy atom. The second kappa shape index (κ2) is 11.6. The molecule has 1 atom stereocenters. The molecule has 0 bridgehead atoms. The maximum Gasteiger partial charge on any atom is 0.275 e. The van der Waals surface area contributed by atoms with E-state index in [0.717, 1.165) is 18.4 Å². The maximum atomic E-state index is 15.6. The summed E-state index contributed by atoms with van der Waals surface area (Å²) in [5.41, 5.74) is 3.02. The van der Waals surface area contributed by atoms with Crippen LogP contribution in [0, 0.1) is 0 Å². The van der Waals surface area contributed by atoms with Crippen LogP contribution in [-0.4, -0.2) is 59.2 Å². The Morgan fingerprint density at radius 1 is 1.19 bits per heavy atom. The molecule has 1 unspecified atom stereocenters. The van der Waals surface area contributed by atoms with Crippen molar-refractivity contribution in [3.63, 3.8) is 0 Å². The molecule has 5 rings (SSSR count). The average molecular weight is 649 g/mol. The number of alkyl halides is 1. The Labute approximate surface area is 258 Å². The molecule has 8 nitrogen and oxygen atoms in total. The Balaban J connectivity index is 1.93. The minimum Gasteiger partial charge on any atom is -0.338 e. The summed E-state index contributed by atoms with van der Waals surface area (Å²) >= 11 is 7.32. The van der Waals surface area contributed by atoms with E-state index in [1.807, 2.05) is 12.5 Å². The van der Waals surface area contributed by atoms with E-state index in [1.165, 1.54) is 28.3 Å². The molecular weight excluding hydrogens is 618 g/mol. The number of allylic oxidation sites excluding steroid dienone is 5. The number of hydrogen-bond donors (Lipinski definition) is 0. The predicted molar refractivity (Wildman–Crippen MR) is 170 cm³/mol. The SMILES string of the molecule is C=C/C(F)=C\C(F)=C(/C)N1Cc2cn(SC)c3c(=O)n(C)cc(c23)-c2cc3c(cc21)C(=O)N(CCCl)CCC3S(C)(=O)=O. The van der Waals surface area contributed by atoms with E-state index in [-0.39, 0.29) is 54.7 Å². The van der Waals surface area contributed by atoms with Gasteiger partial charge in [0, 0.05) is 79.1 Å². The smallest absolute Gasteiger partial charge is 0.275 e. The Morgan fingerprint density at radius 3 is 2.53 bits per heavy atom. The first kappa shape index (κ1) is 31.1. The number of rotatable bonds is 7. The Kier molecular flexibility index (Phi) is 8.40. The highest BCUT2D eigenvalue weighted by molar-refractivity contribution is 7.97. The number of sulfone groups is 1. The van der Waals surface area contributed by atoms with Crippen molar-refractivity contribution in [1.29, 1.82) is 0 Å². The summed E-state index contributed by atoms with van der Waals surface area (Å²) in [6.07, 6.45) is 8.25. The molecule has 0 saturated heterocycles. The van der Waals surface area contributed by atoms with Gasteiger partial charge in [0.1, 0.15) is 17.2 Å². The van der Waals surface area contributed by atoms with Crippen LogP contribution in [0.3, 0.4) is 0 Å². The van der Waals surface area contributed by atoms with Gasteiger partial charge in [-0.05, 0) is 54.6 Å². The predicted octanol–water partition coefficient (Wildman–Crippen LogP) is 5.86. The third-order valence-corrected chi connectivity index (χ3v) is 10.4. The molecule has 0 spiro atoms. The molecule has 43 heavy (non-hydrogen) atoms. The van der Waals surface area contributed by atoms with Crippen LogP contribution in [-0.2, 0) is 23.4 Å². The number of nitrogens with zero attached hydrogens (tertiary/aromatic N) is 4. The van der Waals surface area contributed by atoms with E-state index in [1.54, 1.807) is 34.2 Å². The molecule has 228 valence electrons. The summed E-state index contributed by atoms with van der Waals surface area (Å²) in [6.45, 7) is 5.35. The minimum atomic E-state index is -3.66. The van der Waals surface area contributed by atoms with Gasteiger partial charge in [-0.15, -0.1) is 11.6 Å². The fourth-order valence-electron chi connectivity index (χ4n) is 5.91. The Bertz CT molecular complexity index is 1910. The van der Waals surface area contributed by atoms with Gasteiger partial charge in [0.05, 0.1) is 23.2 Å². The van der Waals surface area contributed by atoms with Gasteiger partial charge in [0.2, 0.25) is 0 Å². The summed E-state index contributed by atoms with van der Waals surface area (Å²) in [5, 5.41) is -0.341. The molecule has 4 heterocycles. The highest BCUT2D eigenvalue weighted by atomic mass is 35.5. The van der Waals surface area contributed by atoms with Crippen molar-refractivity contribution in [2.75, 3.05) is 36.4 Å². The van der Waals surface area contributed by atoms with Crippen LogP contribution in [0.1, 0.15) is 40.1 Å². The zero-order valence-corrected chi connectivity index (χ0v) is 26.5. The number of aromatic nitrogens is 2. The van der Waals surface area contributed by atoms with E-state index in [9.17, 15) is 22.4 Å². The third kappa shape index (κ3) is 5.33. The molecule has 0 saturated carbocycles. The second-order valence-corrected chi connectivity index (χ2v) is 14.0. The number of carbonyl (C=O) groups is 1. The first-order valence-electron chi connectivity index (χ1n) is 13.5. The molecule has 2 aliphatic heterocycles. The number of pyridine rings is 1. The molecule has 0 aliphatic carbocycles. The van der Waals surface area contributed by atoms with Crippen molar-refractivity contribution in [2.45, 2.75) is 25.1 Å². The third-order valence-electron chi connectivity index (χ3n) is 8.05. The first-order valence-corrected chi connectivity index (χ1v) is 17.1. The van der Waals surface area contributed by atoms with Gasteiger partial charge in [-0.25, -0.2) is 17.2 Å². The van der Waals surface area contributed by atoms with E-state index < -0.39 is 26.7 Å². The zero-order chi connectivity index (χ0) is 31.4. The highest BCUT2D eigenvalue weighted by Gasteiger charge is 2.37. The summed E-state index contributed by atoms with van der Waals surface area (Å²) in [7, 11) is -2.04. The fraction of sp³-hybridized carbons (Fsp3) is 0.333. The van der Waals surface area contributed by atoms with E-state index >= 15 is 4.39 Å². The van der Waals surface area contributed by atoms with Crippen LogP contribution in [0.2, 0.25) is 0 Å². The highest BCUT2D eigenvalue weighted by Crippen LogP contribution is 2.47. The van der Waals surface area contributed by atoms with Crippen molar-refractivity contribution in [3.8, 4) is 11.1 Å². The molecule has 0 radical (unpaired) electrons. The summed E-state index contributed by atoms with van der Waals surface area (Å²) < 4.78 is 59.1. The first-order chi connectivity index (χ1) is 20.3. The van der Waals surface area contributed by atoms with Gasteiger partial charge in [0.15, 0.2) is 9.84 Å². The quantitative estimate of drug-likeness (QED) is 0.236. The normalized spacial score (nSPS) is 17.8. The summed E-state index contributed by atoms with van der Waals surface area (Å²) in [5.74, 6) is -1.94. The monoisotopic (exact) mass is 648 g/mol. The van der Waals surface area contributed by atoms with Crippen molar-refractivity contribution in [3.05, 3.63) is 87.7 Å². The molecule has 1 amide bonds. The number of amides is 1. The minimum absolute atomic E-state index is 0.0566. The molecule has 0 fully saturated rings. The summed E-state index contributed by atoms with van der Waals surface area (Å²) in [6, 6.07) is 3.27. The lowest BCUT2D eigenvalue weighted by molar-refractivity contribution is 0.0770. The van der Waals surface area contributed by atoms with E-state index in [0.29, 0.717) is 38.8 Å². The van der Waals surface area contributed by atoms with Gasteiger partial charge < -0.3 is 14.4 Å². The summed E-state index contributed by atoms with van der Waals surface area (Å²) in [4.78, 5) is 30.4. The molecule has 3 aromatic rings. The Hall–Kier alpha value is -3.35. The molecule has 2 aliphatic rings. The lowest BCUT2D eigenvalue weighted by Crippen LogP contribution is -2.33. The van der Waals surface area contributed by atoms with Crippen LogP contribution in [0.25, 0.3) is 22.0 Å². The van der Waals surface area contributed by atoms with Gasteiger partial charge in [-0.3, -0.25) is 13.6 Å². The van der Waals surface area contributed by atoms with Gasteiger partial charge >= 0.3 is 0 Å². The van der Waals surface area contributed by atoms with Crippen LogP contribution in [0.5, 0.6) is 0 Å². The topological polar surface area (TPSA) is 84.6 Å². The molecule has 13 heteroatoms. The zero-order valence-electron chi connectivity index (χ0n) is 24.2. The maximum absolute atomic E-state index is 15.6. The van der Waals surface area contributed by atoms with Crippen LogP contribution in [0.15, 0.2) is 65.4 Å². The van der Waals surface area contributed by atoms with Crippen molar-refractivity contribution < 1.29 is 22.0 Å². The van der Waals surface area contributed by atoms with Crippen LogP contribution < -0.4 is 10.5 Å².